The molecule has 3 heteroatoms. The van der Waals surface area contributed by atoms with E-state index >= 15 is 0 Å². The van der Waals surface area contributed by atoms with Crippen LogP contribution in [0.3, 0.4) is 0 Å². The second kappa shape index (κ2) is 6.00. The molecular formula is C16H25N3. The Morgan fingerprint density at radius 2 is 1.95 bits per heavy atom. The zero-order valence-electron chi connectivity index (χ0n) is 12.0. The van der Waals surface area contributed by atoms with Crippen LogP contribution in [0.4, 0.5) is 0 Å². The van der Waals surface area contributed by atoms with Crippen LogP contribution in [0.25, 0.3) is 0 Å². The van der Waals surface area contributed by atoms with Crippen molar-refractivity contribution in [2.45, 2.75) is 63.8 Å². The van der Waals surface area contributed by atoms with Crippen LogP contribution in [0.2, 0.25) is 0 Å². The van der Waals surface area contributed by atoms with E-state index in [0.29, 0.717) is 5.92 Å². The zero-order valence-corrected chi connectivity index (χ0v) is 12.0. The summed E-state index contributed by atoms with van der Waals surface area (Å²) in [4.78, 5) is 11.6. The van der Waals surface area contributed by atoms with Crippen LogP contribution in [0.5, 0.6) is 0 Å². The molecule has 104 valence electrons. The average Bonchev–Trinajstić information content (AvgIpc) is 2.48. The minimum atomic E-state index is 0.623. The highest BCUT2D eigenvalue weighted by Gasteiger charge is 2.28. The van der Waals surface area contributed by atoms with E-state index in [9.17, 15) is 0 Å². The summed E-state index contributed by atoms with van der Waals surface area (Å²) in [7, 11) is 0. The maximum absolute atomic E-state index is 4.64. The van der Waals surface area contributed by atoms with Gasteiger partial charge in [0, 0.05) is 30.4 Å². The zero-order chi connectivity index (χ0) is 13.1. The predicted octanol–water partition coefficient (Wildman–Crippen LogP) is 3.30. The van der Waals surface area contributed by atoms with Gasteiger partial charge in [-0.25, -0.2) is 9.97 Å². The standard InChI is InChI=1S/C16H25N3/c1-13-17-10-9-16(18-13)14-6-5-11-19(12-14)15-7-3-2-4-8-15/h9-10,14-15H,2-8,11-12H2,1H3/t14-/m1/s1. The quantitative estimate of drug-likeness (QED) is 0.816. The number of piperidine rings is 1. The number of likely N-dealkylation sites (tertiary alicyclic amines) is 1. The lowest BCUT2D eigenvalue weighted by molar-refractivity contribution is 0.118. The van der Waals surface area contributed by atoms with E-state index in [0.717, 1.165) is 11.9 Å². The fourth-order valence-corrected chi connectivity index (χ4v) is 3.73. The molecule has 3 nitrogen and oxygen atoms in total. The molecule has 2 fully saturated rings. The normalized spacial score (nSPS) is 26.5. The molecule has 0 bridgehead atoms. The van der Waals surface area contributed by atoms with Crippen molar-refractivity contribution in [2.24, 2.45) is 0 Å². The third kappa shape index (κ3) is 3.14. The molecule has 0 N–H and O–H groups in total. The van der Waals surface area contributed by atoms with Gasteiger partial charge in [0.25, 0.3) is 0 Å². The van der Waals surface area contributed by atoms with E-state index in [1.54, 1.807) is 0 Å². The first-order chi connectivity index (χ1) is 9.33. The van der Waals surface area contributed by atoms with E-state index in [1.807, 2.05) is 13.1 Å². The second-order valence-electron chi connectivity index (χ2n) is 6.15. The first-order valence-electron chi connectivity index (χ1n) is 7.86. The molecule has 1 aromatic heterocycles. The van der Waals surface area contributed by atoms with Crippen molar-refractivity contribution in [3.63, 3.8) is 0 Å². The minimum Gasteiger partial charge on any atom is -0.300 e. The summed E-state index contributed by atoms with van der Waals surface area (Å²) in [5.74, 6) is 1.53. The maximum atomic E-state index is 4.64. The number of aryl methyl sites for hydroxylation is 1. The maximum Gasteiger partial charge on any atom is 0.125 e. The van der Waals surface area contributed by atoms with Crippen molar-refractivity contribution in [3.8, 4) is 0 Å². The van der Waals surface area contributed by atoms with Gasteiger partial charge in [-0.3, -0.25) is 4.90 Å². The summed E-state index contributed by atoms with van der Waals surface area (Å²) in [5, 5.41) is 0. The van der Waals surface area contributed by atoms with Crippen molar-refractivity contribution in [2.75, 3.05) is 13.1 Å². The van der Waals surface area contributed by atoms with Gasteiger partial charge in [-0.1, -0.05) is 19.3 Å². The Bertz CT molecular complexity index is 412. The molecule has 0 spiro atoms. The summed E-state index contributed by atoms with van der Waals surface area (Å²) < 4.78 is 0. The molecule has 2 aliphatic rings. The smallest absolute Gasteiger partial charge is 0.125 e. The lowest BCUT2D eigenvalue weighted by Gasteiger charge is -2.39. The number of nitrogens with zero attached hydrogens (tertiary/aromatic N) is 3. The van der Waals surface area contributed by atoms with Gasteiger partial charge in [0.1, 0.15) is 5.82 Å². The molecule has 1 saturated carbocycles. The van der Waals surface area contributed by atoms with Crippen LogP contribution in [0.15, 0.2) is 12.3 Å². The van der Waals surface area contributed by atoms with Gasteiger partial charge in [-0.15, -0.1) is 0 Å². The molecule has 1 saturated heterocycles. The Labute approximate surface area is 116 Å². The summed E-state index contributed by atoms with van der Waals surface area (Å²) >= 11 is 0. The Balaban J connectivity index is 1.67. The summed E-state index contributed by atoms with van der Waals surface area (Å²) in [5.41, 5.74) is 1.26. The molecule has 0 aromatic carbocycles. The van der Waals surface area contributed by atoms with E-state index in [-0.39, 0.29) is 0 Å². The summed E-state index contributed by atoms with van der Waals surface area (Å²) in [6.45, 7) is 4.50. The van der Waals surface area contributed by atoms with Gasteiger partial charge in [-0.2, -0.15) is 0 Å². The molecule has 0 radical (unpaired) electrons. The van der Waals surface area contributed by atoms with E-state index < -0.39 is 0 Å². The SMILES string of the molecule is Cc1nccc([C@@H]2CCCN(C3CCCCC3)C2)n1. The molecule has 3 rings (SSSR count). The Morgan fingerprint density at radius 1 is 1.11 bits per heavy atom. The molecule has 1 aliphatic carbocycles. The van der Waals surface area contributed by atoms with Crippen LogP contribution in [0, 0.1) is 6.92 Å². The summed E-state index contributed by atoms with van der Waals surface area (Å²) in [6, 6.07) is 2.96. The Kier molecular flexibility index (Phi) is 4.12. The van der Waals surface area contributed by atoms with Crippen molar-refractivity contribution < 1.29 is 0 Å². The molecule has 19 heavy (non-hydrogen) atoms. The van der Waals surface area contributed by atoms with Gasteiger partial charge < -0.3 is 0 Å². The van der Waals surface area contributed by atoms with Gasteiger partial charge in [-0.05, 0) is 45.2 Å². The molecule has 1 aliphatic heterocycles. The van der Waals surface area contributed by atoms with Crippen LogP contribution < -0.4 is 0 Å². The number of aromatic nitrogens is 2. The fraction of sp³-hybridized carbons (Fsp3) is 0.750. The predicted molar refractivity (Wildman–Crippen MR) is 77.2 cm³/mol. The lowest BCUT2D eigenvalue weighted by atomic mass is 9.89. The first-order valence-corrected chi connectivity index (χ1v) is 7.86. The van der Waals surface area contributed by atoms with Crippen molar-refractivity contribution in [1.29, 1.82) is 0 Å². The fourth-order valence-electron chi connectivity index (χ4n) is 3.73. The molecule has 0 amide bonds. The van der Waals surface area contributed by atoms with Crippen LogP contribution >= 0.6 is 0 Å². The van der Waals surface area contributed by atoms with Crippen molar-refractivity contribution >= 4 is 0 Å². The van der Waals surface area contributed by atoms with Gasteiger partial charge in [0.05, 0.1) is 0 Å². The van der Waals surface area contributed by atoms with Crippen molar-refractivity contribution in [1.82, 2.24) is 14.9 Å². The highest BCUT2D eigenvalue weighted by atomic mass is 15.2. The average molecular weight is 259 g/mol. The summed E-state index contributed by atoms with van der Waals surface area (Å²) in [6.07, 6.45) is 11.7. The topological polar surface area (TPSA) is 29.0 Å². The number of rotatable bonds is 2. The van der Waals surface area contributed by atoms with E-state index in [1.165, 1.54) is 63.7 Å². The van der Waals surface area contributed by atoms with Crippen LogP contribution in [-0.2, 0) is 0 Å². The lowest BCUT2D eigenvalue weighted by Crippen LogP contribution is -2.43. The first kappa shape index (κ1) is 13.0. The molecule has 1 atom stereocenters. The Hall–Kier alpha value is -0.960. The molecule has 2 heterocycles. The van der Waals surface area contributed by atoms with Gasteiger partial charge >= 0.3 is 0 Å². The minimum absolute atomic E-state index is 0.623. The Morgan fingerprint density at radius 3 is 2.74 bits per heavy atom. The molecular weight excluding hydrogens is 234 g/mol. The van der Waals surface area contributed by atoms with E-state index in [2.05, 4.69) is 20.9 Å². The van der Waals surface area contributed by atoms with E-state index in [4.69, 9.17) is 0 Å². The van der Waals surface area contributed by atoms with Gasteiger partial charge in [0.15, 0.2) is 0 Å². The monoisotopic (exact) mass is 259 g/mol. The number of hydrogen-bond donors (Lipinski definition) is 0. The van der Waals surface area contributed by atoms with Crippen molar-refractivity contribution in [3.05, 3.63) is 23.8 Å². The van der Waals surface area contributed by atoms with Gasteiger partial charge in [0.2, 0.25) is 0 Å². The third-order valence-corrected chi connectivity index (χ3v) is 4.76. The molecule has 1 aromatic rings. The molecule has 0 unspecified atom stereocenters. The second-order valence-corrected chi connectivity index (χ2v) is 6.15. The third-order valence-electron chi connectivity index (χ3n) is 4.76. The number of hydrogen-bond acceptors (Lipinski definition) is 3. The highest BCUT2D eigenvalue weighted by molar-refractivity contribution is 5.10. The largest absolute Gasteiger partial charge is 0.300 e. The van der Waals surface area contributed by atoms with Crippen LogP contribution in [-0.4, -0.2) is 34.0 Å². The van der Waals surface area contributed by atoms with Crippen LogP contribution in [0.1, 0.15) is 62.4 Å². The highest BCUT2D eigenvalue weighted by Crippen LogP contribution is 2.30.